The molecule has 0 fully saturated rings. The van der Waals surface area contributed by atoms with Crippen LogP contribution < -0.4 is 9.47 Å². The maximum atomic E-state index is 13.3. The van der Waals surface area contributed by atoms with Crippen molar-refractivity contribution in [2.45, 2.75) is 18.2 Å². The van der Waals surface area contributed by atoms with Gasteiger partial charge in [0.05, 0.1) is 18.3 Å². The number of hydrogen-bond acceptors (Lipinski definition) is 6. The van der Waals surface area contributed by atoms with Gasteiger partial charge in [0.1, 0.15) is 23.9 Å². The first kappa shape index (κ1) is 22.0. The Morgan fingerprint density at radius 1 is 1.23 bits per heavy atom. The van der Waals surface area contributed by atoms with Crippen molar-refractivity contribution in [3.63, 3.8) is 0 Å². The summed E-state index contributed by atoms with van der Waals surface area (Å²) in [6, 6.07) is 9.19. The van der Waals surface area contributed by atoms with E-state index in [4.69, 9.17) is 21.1 Å². The summed E-state index contributed by atoms with van der Waals surface area (Å²) in [7, 11) is 1.51. The maximum absolute atomic E-state index is 13.3. The molecule has 0 N–H and O–H groups in total. The molecule has 0 saturated carbocycles. The van der Waals surface area contributed by atoms with Gasteiger partial charge in [-0.1, -0.05) is 23.4 Å². The van der Waals surface area contributed by atoms with Gasteiger partial charge in [-0.2, -0.15) is 9.78 Å². The number of benzene rings is 2. The molecule has 0 atom stereocenters. The largest absolute Gasteiger partial charge is 0.496 e. The highest BCUT2D eigenvalue weighted by atomic mass is 35.5. The van der Waals surface area contributed by atoms with Crippen LogP contribution in [0, 0.1) is 5.82 Å². The summed E-state index contributed by atoms with van der Waals surface area (Å²) in [5.41, 5.74) is 1.29. The third kappa shape index (κ3) is 5.06. The molecule has 6 nitrogen and oxygen atoms in total. The lowest BCUT2D eigenvalue weighted by Crippen LogP contribution is -2.02. The second-order valence-electron chi connectivity index (χ2n) is 5.84. The number of halogens is 4. The molecule has 2 aromatic carbocycles. The molecule has 1 heterocycles. The van der Waals surface area contributed by atoms with E-state index in [0.29, 0.717) is 22.6 Å². The Morgan fingerprint density at radius 3 is 2.70 bits per heavy atom. The number of alkyl halides is 2. The summed E-state index contributed by atoms with van der Waals surface area (Å²) in [6.07, 6.45) is 0.292. The van der Waals surface area contributed by atoms with E-state index < -0.39 is 18.1 Å². The van der Waals surface area contributed by atoms with Crippen molar-refractivity contribution >= 4 is 29.6 Å². The number of aromatic nitrogens is 3. The molecule has 158 valence electrons. The van der Waals surface area contributed by atoms with Gasteiger partial charge < -0.3 is 9.47 Å². The summed E-state index contributed by atoms with van der Waals surface area (Å²) in [4.78, 5) is 0. The van der Waals surface area contributed by atoms with E-state index >= 15 is 0 Å². The van der Waals surface area contributed by atoms with Crippen molar-refractivity contribution in [3.05, 3.63) is 64.2 Å². The Kier molecular flexibility index (Phi) is 7.22. The predicted molar refractivity (Wildman–Crippen MR) is 108 cm³/mol. The highest BCUT2D eigenvalue weighted by Gasteiger charge is 2.19. The Bertz CT molecular complexity index is 1060. The average molecular weight is 457 g/mol. The van der Waals surface area contributed by atoms with Crippen molar-refractivity contribution in [1.82, 2.24) is 14.9 Å². The third-order valence-corrected chi connectivity index (χ3v) is 4.84. The quantitative estimate of drug-likeness (QED) is 0.344. The highest BCUT2D eigenvalue weighted by Crippen LogP contribution is 2.25. The molecule has 0 aliphatic rings. The smallest absolute Gasteiger partial charge is 0.299 e. The molecule has 1 aromatic heterocycles. The highest BCUT2D eigenvalue weighted by molar-refractivity contribution is 7.98. The summed E-state index contributed by atoms with van der Waals surface area (Å²) in [5, 5.41) is 11.4. The first-order valence-electron chi connectivity index (χ1n) is 8.49. The second kappa shape index (κ2) is 9.86. The molecule has 30 heavy (non-hydrogen) atoms. The van der Waals surface area contributed by atoms with Crippen LogP contribution in [0.25, 0.3) is 0 Å². The molecule has 3 rings (SSSR count). The van der Waals surface area contributed by atoms with Gasteiger partial charge in [-0.05, 0) is 42.2 Å². The van der Waals surface area contributed by atoms with Crippen molar-refractivity contribution in [2.75, 3.05) is 13.4 Å². The van der Waals surface area contributed by atoms with Gasteiger partial charge in [-0.25, -0.2) is 13.2 Å². The lowest BCUT2D eigenvalue weighted by molar-refractivity contribution is 0.135. The summed E-state index contributed by atoms with van der Waals surface area (Å²) in [5.74, 6) is -0.136. The van der Waals surface area contributed by atoms with Crippen LogP contribution in [0.3, 0.4) is 0 Å². The van der Waals surface area contributed by atoms with Gasteiger partial charge >= 0.3 is 0 Å². The van der Waals surface area contributed by atoms with Crippen LogP contribution >= 0.6 is 23.4 Å². The first-order valence-corrected chi connectivity index (χ1v) is 10.1. The minimum atomic E-state index is -2.81. The van der Waals surface area contributed by atoms with E-state index in [1.807, 2.05) is 0 Å². The van der Waals surface area contributed by atoms with Crippen LogP contribution in [0.1, 0.15) is 23.4 Å². The summed E-state index contributed by atoms with van der Waals surface area (Å²) >= 11 is 6.92. The number of nitrogens with zero attached hydrogens (tertiary/aromatic N) is 4. The lowest BCUT2D eigenvalue weighted by atomic mass is 10.1. The van der Waals surface area contributed by atoms with E-state index in [2.05, 4.69) is 15.3 Å². The van der Waals surface area contributed by atoms with E-state index in [0.717, 1.165) is 16.4 Å². The molecule has 11 heteroatoms. The minimum absolute atomic E-state index is 0.0475. The van der Waals surface area contributed by atoms with Crippen LogP contribution in [0.15, 0.2) is 46.7 Å². The second-order valence-corrected chi connectivity index (χ2v) is 7.02. The van der Waals surface area contributed by atoms with Gasteiger partial charge in [0, 0.05) is 11.6 Å². The fourth-order valence-electron chi connectivity index (χ4n) is 2.49. The van der Waals surface area contributed by atoms with Crippen LogP contribution in [0.2, 0.25) is 5.02 Å². The molecule has 0 aliphatic heterocycles. The Morgan fingerprint density at radius 2 is 2.03 bits per heavy atom. The molecule has 0 unspecified atom stereocenters. The molecule has 0 amide bonds. The van der Waals surface area contributed by atoms with Crippen LogP contribution in [-0.2, 0) is 6.61 Å². The monoisotopic (exact) mass is 456 g/mol. The zero-order chi connectivity index (χ0) is 21.7. The van der Waals surface area contributed by atoms with Crippen molar-refractivity contribution < 1.29 is 22.6 Å². The fraction of sp³-hybridized carbons (Fsp3) is 0.211. The van der Waals surface area contributed by atoms with Gasteiger partial charge in [-0.15, -0.1) is 10.2 Å². The van der Waals surface area contributed by atoms with Gasteiger partial charge in [0.15, 0.2) is 0 Å². The number of hydrogen-bond donors (Lipinski definition) is 0. The van der Waals surface area contributed by atoms with Crippen LogP contribution in [-0.4, -0.2) is 34.5 Å². The number of ether oxygens (including phenoxy) is 2. The van der Waals surface area contributed by atoms with Crippen LogP contribution in [0.4, 0.5) is 13.2 Å². The predicted octanol–water partition coefficient (Wildman–Crippen LogP) is 5.20. The standard InChI is InChI=1S/C19H16ClF3N4O2S/c1-28-16-6-3-11(9-24-27-18(17(22)23)25-26-19(27)30-2)7-12(16)10-29-13-4-5-15(21)14(20)8-13/h3-9,17H,10H2,1-2H3. The van der Waals surface area contributed by atoms with Crippen molar-refractivity contribution in [2.24, 2.45) is 5.10 Å². The summed E-state index contributed by atoms with van der Waals surface area (Å²) in [6.45, 7) is 0.109. The van der Waals surface area contributed by atoms with Gasteiger partial charge in [0.2, 0.25) is 11.0 Å². The SMILES string of the molecule is COc1ccc(C=Nn2c(SC)nnc2C(F)F)cc1COc1ccc(F)c(Cl)c1. The molecular formula is C19H16ClF3N4O2S. The van der Waals surface area contributed by atoms with Gasteiger partial charge in [0.25, 0.3) is 6.43 Å². The molecule has 0 spiro atoms. The van der Waals surface area contributed by atoms with Gasteiger partial charge in [-0.3, -0.25) is 0 Å². The van der Waals surface area contributed by atoms with E-state index in [-0.39, 0.29) is 16.8 Å². The van der Waals surface area contributed by atoms with Crippen molar-refractivity contribution in [3.8, 4) is 11.5 Å². The fourth-order valence-corrected chi connectivity index (χ4v) is 3.10. The number of rotatable bonds is 8. The molecule has 3 aromatic rings. The van der Waals surface area contributed by atoms with E-state index in [1.54, 1.807) is 24.5 Å². The topological polar surface area (TPSA) is 61.5 Å². The number of methoxy groups -OCH3 is 1. The Hall–Kier alpha value is -2.72. The summed E-state index contributed by atoms with van der Waals surface area (Å²) < 4.78 is 51.5. The molecule has 0 bridgehead atoms. The Balaban J connectivity index is 1.83. The average Bonchev–Trinajstić information content (AvgIpc) is 3.16. The van der Waals surface area contributed by atoms with E-state index in [9.17, 15) is 13.2 Å². The normalized spacial score (nSPS) is 11.4. The third-order valence-electron chi connectivity index (χ3n) is 3.93. The maximum Gasteiger partial charge on any atom is 0.299 e. The molecule has 0 saturated heterocycles. The molecule has 0 aliphatic carbocycles. The van der Waals surface area contributed by atoms with Crippen LogP contribution in [0.5, 0.6) is 11.5 Å². The Labute approximate surface area is 179 Å². The zero-order valence-electron chi connectivity index (χ0n) is 15.9. The number of thioether (sulfide) groups is 1. The van der Waals surface area contributed by atoms with E-state index in [1.165, 1.54) is 31.5 Å². The molecular weight excluding hydrogens is 441 g/mol. The first-order chi connectivity index (χ1) is 14.4. The lowest BCUT2D eigenvalue weighted by Gasteiger charge is -2.11. The van der Waals surface area contributed by atoms with Crippen molar-refractivity contribution in [1.29, 1.82) is 0 Å². The zero-order valence-corrected chi connectivity index (χ0v) is 17.4. The minimum Gasteiger partial charge on any atom is -0.496 e. The molecule has 0 radical (unpaired) electrons.